The molecule has 32 heavy (non-hydrogen) atoms. The van der Waals surface area contributed by atoms with Crippen molar-refractivity contribution in [2.75, 3.05) is 60.0 Å². The number of nitrogens with one attached hydrogen (secondary N) is 2. The molecule has 2 N–H and O–H groups in total. The summed E-state index contributed by atoms with van der Waals surface area (Å²) in [6, 6.07) is 9.04. The minimum atomic E-state index is 0. The molecular formula is C25H44IN5O. The molecule has 7 heteroatoms. The second kappa shape index (κ2) is 14.4. The summed E-state index contributed by atoms with van der Waals surface area (Å²) in [7, 11) is 3.65. The Kier molecular flexibility index (Phi) is 12.3. The van der Waals surface area contributed by atoms with Crippen molar-refractivity contribution in [3.63, 3.8) is 0 Å². The fourth-order valence-corrected chi connectivity index (χ4v) is 4.92. The van der Waals surface area contributed by atoms with Crippen LogP contribution in [0.25, 0.3) is 0 Å². The zero-order valence-electron chi connectivity index (χ0n) is 20.4. The predicted molar refractivity (Wildman–Crippen MR) is 145 cm³/mol. The first-order valence-electron chi connectivity index (χ1n) is 12.1. The van der Waals surface area contributed by atoms with E-state index in [1.807, 2.05) is 7.05 Å². The number of hydrogen-bond acceptors (Lipinski definition) is 4. The topological polar surface area (TPSA) is 52.1 Å². The highest BCUT2D eigenvalue weighted by molar-refractivity contribution is 14.0. The van der Waals surface area contributed by atoms with Crippen LogP contribution in [-0.4, -0.2) is 75.8 Å². The molecule has 1 saturated carbocycles. The van der Waals surface area contributed by atoms with Gasteiger partial charge in [-0.15, -0.1) is 24.0 Å². The third kappa shape index (κ3) is 8.47. The van der Waals surface area contributed by atoms with Crippen LogP contribution in [0.3, 0.4) is 0 Å². The molecule has 1 aromatic rings. The Morgan fingerprint density at radius 2 is 1.62 bits per heavy atom. The van der Waals surface area contributed by atoms with Crippen molar-refractivity contribution in [1.29, 1.82) is 0 Å². The molecule has 2 fully saturated rings. The molecule has 0 unspecified atom stereocenters. The van der Waals surface area contributed by atoms with E-state index >= 15 is 0 Å². The van der Waals surface area contributed by atoms with Crippen molar-refractivity contribution in [3.05, 3.63) is 35.4 Å². The van der Waals surface area contributed by atoms with E-state index in [1.54, 1.807) is 7.11 Å². The van der Waals surface area contributed by atoms with Crippen LogP contribution in [0, 0.1) is 5.41 Å². The summed E-state index contributed by atoms with van der Waals surface area (Å²) in [5.41, 5.74) is 3.05. The lowest BCUT2D eigenvalue weighted by atomic mass is 9.83. The monoisotopic (exact) mass is 557 g/mol. The summed E-state index contributed by atoms with van der Waals surface area (Å²) in [4.78, 5) is 9.53. The van der Waals surface area contributed by atoms with E-state index in [2.05, 4.69) is 56.6 Å². The van der Waals surface area contributed by atoms with E-state index in [1.165, 1.54) is 69.5 Å². The highest BCUT2D eigenvalue weighted by Gasteiger charge is 2.33. The minimum Gasteiger partial charge on any atom is -0.385 e. The molecule has 1 aliphatic heterocycles. The fourth-order valence-electron chi connectivity index (χ4n) is 4.92. The lowest BCUT2D eigenvalue weighted by Crippen LogP contribution is -2.45. The van der Waals surface area contributed by atoms with E-state index in [9.17, 15) is 0 Å². The van der Waals surface area contributed by atoms with Gasteiger partial charge in [-0.25, -0.2) is 0 Å². The molecule has 0 radical (unpaired) electrons. The zero-order valence-corrected chi connectivity index (χ0v) is 22.7. The van der Waals surface area contributed by atoms with E-state index in [-0.39, 0.29) is 24.0 Å². The molecule has 1 aliphatic carbocycles. The van der Waals surface area contributed by atoms with Gasteiger partial charge >= 0.3 is 0 Å². The lowest BCUT2D eigenvalue weighted by Gasteiger charge is -2.34. The number of nitrogens with zero attached hydrogens (tertiary/aromatic N) is 3. The van der Waals surface area contributed by atoms with Crippen molar-refractivity contribution in [2.45, 2.75) is 52.1 Å². The normalized spacial score (nSPS) is 19.5. The Morgan fingerprint density at radius 3 is 2.22 bits per heavy atom. The van der Waals surface area contributed by atoms with Crippen molar-refractivity contribution < 1.29 is 4.74 Å². The number of benzene rings is 1. The predicted octanol–water partition coefficient (Wildman–Crippen LogP) is 3.70. The highest BCUT2D eigenvalue weighted by Crippen LogP contribution is 2.40. The molecule has 0 bridgehead atoms. The van der Waals surface area contributed by atoms with Crippen molar-refractivity contribution >= 4 is 29.9 Å². The summed E-state index contributed by atoms with van der Waals surface area (Å²) in [5, 5.41) is 7.06. The standard InChI is InChI=1S/C25H43N5O.HI/c1-4-29-14-16-30(17-15-29)20-23-9-7-22(8-10-23)19-27-24(26-2)28-21-25(13-18-31-3)11-5-6-12-25;/h7-10H,4-6,11-21H2,1-3H3,(H2,26,27,28);1H. The summed E-state index contributed by atoms with van der Waals surface area (Å²) in [5.74, 6) is 0.890. The molecule has 1 heterocycles. The van der Waals surface area contributed by atoms with E-state index < -0.39 is 0 Å². The number of likely N-dealkylation sites (N-methyl/N-ethyl adjacent to an activating group) is 1. The number of rotatable bonds is 10. The zero-order chi connectivity index (χ0) is 21.9. The second-order valence-corrected chi connectivity index (χ2v) is 9.26. The average molecular weight is 558 g/mol. The molecule has 2 aliphatic rings. The Balaban J connectivity index is 0.00000363. The van der Waals surface area contributed by atoms with Crippen LogP contribution in [-0.2, 0) is 17.8 Å². The van der Waals surface area contributed by atoms with Gasteiger partial charge in [0.2, 0.25) is 0 Å². The van der Waals surface area contributed by atoms with Gasteiger partial charge in [0.25, 0.3) is 0 Å². The minimum absolute atomic E-state index is 0. The van der Waals surface area contributed by atoms with Crippen LogP contribution in [0.2, 0.25) is 0 Å². The van der Waals surface area contributed by atoms with Gasteiger partial charge in [0.1, 0.15) is 0 Å². The summed E-state index contributed by atoms with van der Waals surface area (Å²) in [6.45, 7) is 11.8. The van der Waals surface area contributed by atoms with Gasteiger partial charge in [-0.2, -0.15) is 0 Å². The molecule has 182 valence electrons. The van der Waals surface area contributed by atoms with Gasteiger partial charge in [-0.3, -0.25) is 9.89 Å². The number of halogens is 1. The van der Waals surface area contributed by atoms with Crippen LogP contribution in [0.15, 0.2) is 29.3 Å². The summed E-state index contributed by atoms with van der Waals surface area (Å²) >= 11 is 0. The van der Waals surface area contributed by atoms with Gasteiger partial charge in [0.15, 0.2) is 5.96 Å². The van der Waals surface area contributed by atoms with Crippen LogP contribution < -0.4 is 10.6 Å². The van der Waals surface area contributed by atoms with E-state index in [0.29, 0.717) is 5.41 Å². The first-order chi connectivity index (χ1) is 15.2. The molecule has 6 nitrogen and oxygen atoms in total. The van der Waals surface area contributed by atoms with Crippen LogP contribution in [0.5, 0.6) is 0 Å². The van der Waals surface area contributed by atoms with Crippen LogP contribution in [0.4, 0.5) is 0 Å². The number of hydrogen-bond donors (Lipinski definition) is 2. The Hall–Kier alpha value is -0.900. The SMILES string of the molecule is CCN1CCN(Cc2ccc(CNC(=NC)NCC3(CCOC)CCCC3)cc2)CC1.I. The number of piperazine rings is 1. The number of ether oxygens (including phenoxy) is 1. The maximum atomic E-state index is 5.36. The van der Waals surface area contributed by atoms with Gasteiger partial charge in [0, 0.05) is 66.6 Å². The summed E-state index contributed by atoms with van der Waals surface area (Å²) in [6.07, 6.45) is 6.36. The summed E-state index contributed by atoms with van der Waals surface area (Å²) < 4.78 is 5.36. The molecule has 0 aromatic heterocycles. The van der Waals surface area contributed by atoms with Crippen molar-refractivity contribution in [1.82, 2.24) is 20.4 Å². The first kappa shape index (κ1) is 27.3. The Labute approximate surface area is 212 Å². The number of methoxy groups -OCH3 is 1. The molecule has 0 spiro atoms. The maximum Gasteiger partial charge on any atom is 0.191 e. The van der Waals surface area contributed by atoms with Crippen LogP contribution in [0.1, 0.15) is 50.2 Å². The largest absolute Gasteiger partial charge is 0.385 e. The molecule has 0 amide bonds. The second-order valence-electron chi connectivity index (χ2n) is 9.26. The first-order valence-corrected chi connectivity index (χ1v) is 12.1. The van der Waals surface area contributed by atoms with Crippen LogP contribution >= 0.6 is 24.0 Å². The van der Waals surface area contributed by atoms with Crippen molar-refractivity contribution in [2.24, 2.45) is 10.4 Å². The van der Waals surface area contributed by atoms with Gasteiger partial charge in [-0.1, -0.05) is 44.0 Å². The van der Waals surface area contributed by atoms with Gasteiger partial charge < -0.3 is 20.3 Å². The van der Waals surface area contributed by atoms with Crippen molar-refractivity contribution in [3.8, 4) is 0 Å². The molecule has 1 aromatic carbocycles. The average Bonchev–Trinajstić information content (AvgIpc) is 3.28. The maximum absolute atomic E-state index is 5.36. The Bertz CT molecular complexity index is 667. The molecule has 0 atom stereocenters. The molecular weight excluding hydrogens is 513 g/mol. The highest BCUT2D eigenvalue weighted by atomic mass is 127. The smallest absolute Gasteiger partial charge is 0.191 e. The molecule has 1 saturated heterocycles. The van der Waals surface area contributed by atoms with E-state index in [0.717, 1.165) is 38.6 Å². The van der Waals surface area contributed by atoms with Gasteiger partial charge in [-0.05, 0) is 42.3 Å². The molecule has 3 rings (SSSR count). The quantitative estimate of drug-likeness (QED) is 0.261. The number of aliphatic imine (C=N–C) groups is 1. The third-order valence-corrected chi connectivity index (χ3v) is 7.16. The van der Waals surface area contributed by atoms with E-state index in [4.69, 9.17) is 4.74 Å². The number of guanidine groups is 1. The van der Waals surface area contributed by atoms with Gasteiger partial charge in [0.05, 0.1) is 0 Å². The fraction of sp³-hybridized carbons (Fsp3) is 0.720. The lowest BCUT2D eigenvalue weighted by molar-refractivity contribution is 0.132. The third-order valence-electron chi connectivity index (χ3n) is 7.16. The Morgan fingerprint density at radius 1 is 1.00 bits per heavy atom.